The molecule has 0 aliphatic carbocycles. The Morgan fingerprint density at radius 1 is 1.26 bits per heavy atom. The second-order valence-electron chi connectivity index (χ2n) is 3.66. The van der Waals surface area contributed by atoms with Gasteiger partial charge in [-0.1, -0.05) is 35.5 Å². The Hall–Kier alpha value is -2.37. The number of oxime groups is 1. The van der Waals surface area contributed by atoms with Gasteiger partial charge in [-0.3, -0.25) is 9.98 Å². The van der Waals surface area contributed by atoms with Gasteiger partial charge >= 0.3 is 6.61 Å². The van der Waals surface area contributed by atoms with Crippen molar-refractivity contribution in [2.45, 2.75) is 6.61 Å². The molecule has 0 saturated heterocycles. The molecule has 1 aromatic carbocycles. The predicted octanol–water partition coefficient (Wildman–Crippen LogP) is 2.67. The zero-order valence-corrected chi connectivity index (χ0v) is 9.91. The monoisotopic (exact) mass is 263 g/mol. The van der Waals surface area contributed by atoms with E-state index in [0.29, 0.717) is 12.1 Å². The fourth-order valence-corrected chi connectivity index (χ4v) is 1.44. The third-order valence-electron chi connectivity index (χ3n) is 2.29. The highest BCUT2D eigenvalue weighted by Crippen LogP contribution is 2.07. The highest BCUT2D eigenvalue weighted by Gasteiger charge is 2.11. The molecule has 6 heteroatoms. The minimum atomic E-state index is -2.93. The van der Waals surface area contributed by atoms with Crippen molar-refractivity contribution in [1.29, 1.82) is 0 Å². The minimum Gasteiger partial charge on any atom is -0.325 e. The van der Waals surface area contributed by atoms with Crippen molar-refractivity contribution in [2.24, 2.45) is 15.1 Å². The van der Waals surface area contributed by atoms with Crippen molar-refractivity contribution < 1.29 is 13.6 Å². The lowest BCUT2D eigenvalue weighted by molar-refractivity contribution is -0.127. The summed E-state index contributed by atoms with van der Waals surface area (Å²) in [4.78, 5) is 11.9. The number of nitrogens with zero attached hydrogens (tertiary/aromatic N) is 3. The van der Waals surface area contributed by atoms with Gasteiger partial charge in [0.2, 0.25) is 0 Å². The quantitative estimate of drug-likeness (QED) is 0.595. The van der Waals surface area contributed by atoms with E-state index < -0.39 is 6.61 Å². The lowest BCUT2D eigenvalue weighted by Gasteiger charge is -1.99. The van der Waals surface area contributed by atoms with Crippen LogP contribution in [0.1, 0.15) is 5.56 Å². The van der Waals surface area contributed by atoms with E-state index in [2.05, 4.69) is 20.0 Å². The van der Waals surface area contributed by atoms with Gasteiger partial charge in [-0.25, -0.2) is 0 Å². The molecule has 0 amide bonds. The number of halogens is 2. The van der Waals surface area contributed by atoms with E-state index in [9.17, 15) is 8.78 Å². The van der Waals surface area contributed by atoms with E-state index in [4.69, 9.17) is 0 Å². The number of alkyl halides is 2. The van der Waals surface area contributed by atoms with E-state index in [1.54, 1.807) is 6.21 Å². The first-order valence-corrected chi connectivity index (χ1v) is 5.55. The van der Waals surface area contributed by atoms with E-state index in [-0.39, 0.29) is 5.71 Å². The Bertz CT molecular complexity index is 536. The first-order valence-electron chi connectivity index (χ1n) is 5.55. The standard InChI is InChI=1S/C13H11F2N3O/c14-13(15)19-18-12-9-17-8-11(12)7-16-6-10-4-2-1-3-5-10/h1-6,8-9,13H,7H2. The van der Waals surface area contributed by atoms with Crippen LogP contribution in [-0.4, -0.2) is 31.3 Å². The fraction of sp³-hybridized carbons (Fsp3) is 0.154. The highest BCUT2D eigenvalue weighted by molar-refractivity contribution is 6.39. The Morgan fingerprint density at radius 3 is 2.79 bits per heavy atom. The smallest absolute Gasteiger partial charge is 0.325 e. The second kappa shape index (κ2) is 6.53. The van der Waals surface area contributed by atoms with Gasteiger partial charge in [-0.2, -0.15) is 8.78 Å². The molecule has 1 aliphatic heterocycles. The Kier molecular flexibility index (Phi) is 4.49. The molecule has 19 heavy (non-hydrogen) atoms. The van der Waals surface area contributed by atoms with Gasteiger partial charge in [0.15, 0.2) is 0 Å². The average Bonchev–Trinajstić information content (AvgIpc) is 2.85. The van der Waals surface area contributed by atoms with Crippen LogP contribution in [0.25, 0.3) is 0 Å². The maximum Gasteiger partial charge on any atom is 0.407 e. The molecule has 0 saturated carbocycles. The molecular weight excluding hydrogens is 252 g/mol. The first kappa shape index (κ1) is 13.1. The summed E-state index contributed by atoms with van der Waals surface area (Å²) in [6.45, 7) is -2.63. The Labute approximate surface area is 108 Å². The number of hydrogen-bond acceptors (Lipinski definition) is 4. The van der Waals surface area contributed by atoms with Crippen LogP contribution in [0, 0.1) is 0 Å². The summed E-state index contributed by atoms with van der Waals surface area (Å²) in [7, 11) is 0. The molecule has 98 valence electrons. The van der Waals surface area contributed by atoms with E-state index in [0.717, 1.165) is 5.56 Å². The maximum atomic E-state index is 11.9. The zero-order valence-electron chi connectivity index (χ0n) is 9.91. The van der Waals surface area contributed by atoms with E-state index in [1.165, 1.54) is 12.4 Å². The topological polar surface area (TPSA) is 46.3 Å². The lowest BCUT2D eigenvalue weighted by Crippen LogP contribution is -2.06. The van der Waals surface area contributed by atoms with Crippen LogP contribution in [0.3, 0.4) is 0 Å². The lowest BCUT2D eigenvalue weighted by atomic mass is 10.2. The van der Waals surface area contributed by atoms with Gasteiger partial charge in [-0.05, 0) is 5.56 Å². The molecule has 1 aromatic rings. The minimum absolute atomic E-state index is 0.269. The van der Waals surface area contributed by atoms with Crippen LogP contribution in [0.15, 0.2) is 57.2 Å². The maximum absolute atomic E-state index is 11.9. The predicted molar refractivity (Wildman–Crippen MR) is 70.0 cm³/mol. The SMILES string of the molecule is FC(F)ON=C1C=NC=C1CN=Cc1ccccc1. The Morgan fingerprint density at radius 2 is 2.05 bits per heavy atom. The third kappa shape index (κ3) is 4.09. The van der Waals surface area contributed by atoms with Crippen molar-refractivity contribution in [1.82, 2.24) is 0 Å². The van der Waals surface area contributed by atoms with Gasteiger partial charge in [-0.15, -0.1) is 0 Å². The molecule has 4 nitrogen and oxygen atoms in total. The van der Waals surface area contributed by atoms with Crippen molar-refractivity contribution >= 4 is 18.1 Å². The Balaban J connectivity index is 1.93. The fourth-order valence-electron chi connectivity index (χ4n) is 1.44. The average molecular weight is 263 g/mol. The summed E-state index contributed by atoms with van der Waals surface area (Å²) < 4.78 is 23.7. The van der Waals surface area contributed by atoms with Gasteiger partial charge in [0.05, 0.1) is 12.8 Å². The van der Waals surface area contributed by atoms with Gasteiger partial charge in [0.25, 0.3) is 0 Å². The summed E-state index contributed by atoms with van der Waals surface area (Å²) in [6, 6.07) is 9.55. The molecule has 2 rings (SSSR count). The molecule has 1 aliphatic rings. The molecular formula is C13H11F2N3O. The molecule has 0 atom stereocenters. The van der Waals surface area contributed by atoms with E-state index in [1.807, 2.05) is 30.3 Å². The summed E-state index contributed by atoms with van der Waals surface area (Å²) in [5.41, 5.74) is 1.86. The number of hydrogen-bond donors (Lipinski definition) is 0. The zero-order chi connectivity index (χ0) is 13.5. The van der Waals surface area contributed by atoms with Gasteiger partial charge in [0, 0.05) is 18.0 Å². The molecule has 0 radical (unpaired) electrons. The van der Waals surface area contributed by atoms with Crippen molar-refractivity contribution in [2.75, 3.05) is 6.54 Å². The normalized spacial score (nSPS) is 16.6. The number of benzene rings is 1. The van der Waals surface area contributed by atoms with Gasteiger partial charge < -0.3 is 4.84 Å². The summed E-state index contributed by atoms with van der Waals surface area (Å²) in [6.07, 6.45) is 4.58. The second-order valence-corrected chi connectivity index (χ2v) is 3.66. The molecule has 0 bridgehead atoms. The van der Waals surface area contributed by atoms with Crippen molar-refractivity contribution in [3.63, 3.8) is 0 Å². The van der Waals surface area contributed by atoms with E-state index >= 15 is 0 Å². The largest absolute Gasteiger partial charge is 0.407 e. The molecule has 0 spiro atoms. The number of rotatable bonds is 5. The van der Waals surface area contributed by atoms with Gasteiger partial charge in [0.1, 0.15) is 5.71 Å². The van der Waals surface area contributed by atoms with Crippen LogP contribution in [-0.2, 0) is 4.84 Å². The van der Waals surface area contributed by atoms with Crippen LogP contribution >= 0.6 is 0 Å². The molecule has 1 heterocycles. The third-order valence-corrected chi connectivity index (χ3v) is 2.29. The van der Waals surface area contributed by atoms with Crippen LogP contribution in [0.4, 0.5) is 8.78 Å². The van der Waals surface area contributed by atoms with Crippen molar-refractivity contribution in [3.8, 4) is 0 Å². The van der Waals surface area contributed by atoms with Crippen molar-refractivity contribution in [3.05, 3.63) is 47.7 Å². The summed E-state index contributed by atoms with van der Waals surface area (Å²) in [5, 5.41) is 3.30. The van der Waals surface area contributed by atoms with Crippen LogP contribution < -0.4 is 0 Å². The summed E-state index contributed by atoms with van der Waals surface area (Å²) in [5.74, 6) is 0. The molecule has 0 N–H and O–H groups in total. The molecule has 0 aromatic heterocycles. The number of aliphatic imine (C=N–C) groups is 2. The molecule has 0 fully saturated rings. The first-order chi connectivity index (χ1) is 9.25. The highest BCUT2D eigenvalue weighted by atomic mass is 19.3. The molecule has 0 unspecified atom stereocenters. The summed E-state index contributed by atoms with van der Waals surface area (Å²) >= 11 is 0. The van der Waals surface area contributed by atoms with Crippen LogP contribution in [0.5, 0.6) is 0 Å². The van der Waals surface area contributed by atoms with Crippen LogP contribution in [0.2, 0.25) is 0 Å².